The minimum atomic E-state index is -1.17. The molecule has 1 heterocycles. The van der Waals surface area contributed by atoms with Crippen molar-refractivity contribution in [3.8, 4) is 0 Å². The van der Waals surface area contributed by atoms with Crippen LogP contribution in [0.1, 0.15) is 35.5 Å². The van der Waals surface area contributed by atoms with E-state index in [0.717, 1.165) is 11.1 Å². The van der Waals surface area contributed by atoms with Crippen molar-refractivity contribution < 1.29 is 19.1 Å². The first-order valence-electron chi connectivity index (χ1n) is 10.6. The number of aryl methyl sites for hydroxylation is 3. The summed E-state index contributed by atoms with van der Waals surface area (Å²) in [6, 6.07) is 12.2. The van der Waals surface area contributed by atoms with Crippen LogP contribution >= 0.6 is 0 Å². The Labute approximate surface area is 190 Å². The Kier molecular flexibility index (Phi) is 7.22. The number of para-hydroxylation sites is 1. The van der Waals surface area contributed by atoms with Gasteiger partial charge in [0.05, 0.1) is 11.9 Å². The van der Waals surface area contributed by atoms with Crippen LogP contribution < -0.4 is 16.2 Å². The van der Waals surface area contributed by atoms with Crippen molar-refractivity contribution in [2.75, 3.05) is 11.9 Å². The van der Waals surface area contributed by atoms with Crippen LogP contribution in [0.4, 0.5) is 5.69 Å². The Bertz CT molecular complexity index is 1260. The quantitative estimate of drug-likeness (QED) is 0.533. The molecular weight excluding hydrogens is 424 g/mol. The minimum Gasteiger partial charge on any atom is -0.448 e. The lowest BCUT2D eigenvalue weighted by atomic mass is 10.1. The summed E-state index contributed by atoms with van der Waals surface area (Å²) in [5.74, 6) is -1.87. The standard InChI is InChI=1S/C24H26N4O5/c1-5-28-23(31)18-12-7-6-11-17(18)21(27-28)24(32)33-16(4)22(30)25-13-19(29)26-20-14(2)9-8-10-15(20)3/h6-12,16H,5,13H2,1-4H3,(H,25,30)(H,26,29). The number of esters is 1. The Balaban J connectivity index is 1.65. The second kappa shape index (κ2) is 10.1. The first-order chi connectivity index (χ1) is 15.7. The molecular formula is C24H26N4O5. The van der Waals surface area contributed by atoms with Gasteiger partial charge in [-0.15, -0.1) is 0 Å². The summed E-state index contributed by atoms with van der Waals surface area (Å²) in [6.07, 6.45) is -1.17. The fraction of sp³-hybridized carbons (Fsp3) is 0.292. The number of benzene rings is 2. The number of ether oxygens (including phenoxy) is 1. The molecule has 33 heavy (non-hydrogen) atoms. The monoisotopic (exact) mass is 450 g/mol. The van der Waals surface area contributed by atoms with Gasteiger partial charge in [-0.25, -0.2) is 9.48 Å². The molecule has 0 bridgehead atoms. The van der Waals surface area contributed by atoms with E-state index in [1.165, 1.54) is 11.6 Å². The summed E-state index contributed by atoms with van der Waals surface area (Å²) in [7, 11) is 0. The summed E-state index contributed by atoms with van der Waals surface area (Å²) in [6.45, 7) is 6.88. The van der Waals surface area contributed by atoms with Crippen LogP contribution in [-0.4, -0.2) is 40.2 Å². The number of amides is 2. The minimum absolute atomic E-state index is 0.0560. The van der Waals surface area contributed by atoms with Gasteiger partial charge in [-0.05, 0) is 44.9 Å². The maximum atomic E-state index is 12.7. The third-order valence-electron chi connectivity index (χ3n) is 5.18. The highest BCUT2D eigenvalue weighted by molar-refractivity contribution is 6.03. The van der Waals surface area contributed by atoms with Crippen LogP contribution in [-0.2, 0) is 20.9 Å². The molecule has 1 aromatic heterocycles. The Hall–Kier alpha value is -4.01. The zero-order chi connectivity index (χ0) is 24.1. The molecule has 0 spiro atoms. The normalized spacial score (nSPS) is 11.6. The van der Waals surface area contributed by atoms with Crippen LogP contribution in [0, 0.1) is 13.8 Å². The van der Waals surface area contributed by atoms with Crippen molar-refractivity contribution in [1.29, 1.82) is 0 Å². The lowest BCUT2D eigenvalue weighted by Crippen LogP contribution is -2.40. The number of nitrogens with one attached hydrogen (secondary N) is 2. The summed E-state index contributed by atoms with van der Waals surface area (Å²) in [5, 5.41) is 10.0. The first kappa shape index (κ1) is 23.6. The molecule has 9 heteroatoms. The van der Waals surface area contributed by atoms with Crippen molar-refractivity contribution in [2.24, 2.45) is 0 Å². The Morgan fingerprint density at radius 1 is 1.03 bits per heavy atom. The molecule has 0 aliphatic heterocycles. The number of nitrogens with zero attached hydrogens (tertiary/aromatic N) is 2. The van der Waals surface area contributed by atoms with Gasteiger partial charge in [0, 0.05) is 17.6 Å². The number of rotatable bonds is 7. The molecule has 0 fully saturated rings. The number of aromatic nitrogens is 2. The second-order valence-electron chi connectivity index (χ2n) is 7.60. The van der Waals surface area contributed by atoms with Gasteiger partial charge in [0.2, 0.25) is 5.91 Å². The highest BCUT2D eigenvalue weighted by Crippen LogP contribution is 2.19. The molecule has 9 nitrogen and oxygen atoms in total. The van der Waals surface area contributed by atoms with Crippen molar-refractivity contribution in [3.63, 3.8) is 0 Å². The van der Waals surface area contributed by atoms with Gasteiger partial charge in [-0.1, -0.05) is 36.4 Å². The molecule has 0 aliphatic rings. The SMILES string of the molecule is CCn1nc(C(=O)OC(C)C(=O)NCC(=O)Nc2c(C)cccc2C)c2ccccc2c1=O. The maximum Gasteiger partial charge on any atom is 0.360 e. The van der Waals surface area contributed by atoms with E-state index in [2.05, 4.69) is 15.7 Å². The number of anilines is 1. The summed E-state index contributed by atoms with van der Waals surface area (Å²) < 4.78 is 6.44. The van der Waals surface area contributed by atoms with E-state index in [0.29, 0.717) is 16.5 Å². The number of hydrogen-bond donors (Lipinski definition) is 2. The van der Waals surface area contributed by atoms with Gasteiger partial charge in [0.25, 0.3) is 11.5 Å². The zero-order valence-electron chi connectivity index (χ0n) is 19.0. The van der Waals surface area contributed by atoms with E-state index in [-0.39, 0.29) is 24.3 Å². The predicted octanol–water partition coefficient (Wildman–Crippen LogP) is 2.33. The largest absolute Gasteiger partial charge is 0.448 e. The van der Waals surface area contributed by atoms with E-state index < -0.39 is 23.9 Å². The molecule has 0 aliphatic carbocycles. The van der Waals surface area contributed by atoms with Gasteiger partial charge < -0.3 is 15.4 Å². The van der Waals surface area contributed by atoms with E-state index in [1.807, 2.05) is 32.0 Å². The highest BCUT2D eigenvalue weighted by atomic mass is 16.5. The average molecular weight is 450 g/mol. The number of hydrogen-bond acceptors (Lipinski definition) is 6. The van der Waals surface area contributed by atoms with Crippen LogP contribution in [0.15, 0.2) is 47.3 Å². The fourth-order valence-electron chi connectivity index (χ4n) is 3.38. The number of fused-ring (bicyclic) bond motifs is 1. The van der Waals surface area contributed by atoms with E-state index in [4.69, 9.17) is 4.74 Å². The Morgan fingerprint density at radius 2 is 1.67 bits per heavy atom. The lowest BCUT2D eigenvalue weighted by molar-refractivity contribution is -0.130. The molecule has 0 radical (unpaired) electrons. The zero-order valence-corrected chi connectivity index (χ0v) is 19.0. The molecule has 2 amide bonds. The summed E-state index contributed by atoms with van der Waals surface area (Å²) in [5.41, 5.74) is 2.14. The van der Waals surface area contributed by atoms with Crippen LogP contribution in [0.2, 0.25) is 0 Å². The Morgan fingerprint density at radius 3 is 2.30 bits per heavy atom. The predicted molar refractivity (Wildman–Crippen MR) is 124 cm³/mol. The van der Waals surface area contributed by atoms with Gasteiger partial charge in [0.15, 0.2) is 11.8 Å². The molecule has 2 N–H and O–H groups in total. The first-order valence-corrected chi connectivity index (χ1v) is 10.6. The van der Waals surface area contributed by atoms with E-state index >= 15 is 0 Å². The van der Waals surface area contributed by atoms with Crippen LogP contribution in [0.3, 0.4) is 0 Å². The molecule has 3 aromatic rings. The maximum absolute atomic E-state index is 12.7. The smallest absolute Gasteiger partial charge is 0.360 e. The number of carbonyl (C=O) groups excluding carboxylic acids is 3. The van der Waals surface area contributed by atoms with E-state index in [1.54, 1.807) is 31.2 Å². The molecule has 0 saturated heterocycles. The van der Waals surface area contributed by atoms with Gasteiger partial charge in [-0.2, -0.15) is 5.10 Å². The molecule has 2 aromatic carbocycles. The lowest BCUT2D eigenvalue weighted by Gasteiger charge is -2.15. The number of carbonyl (C=O) groups is 3. The van der Waals surface area contributed by atoms with E-state index in [9.17, 15) is 19.2 Å². The topological polar surface area (TPSA) is 119 Å². The van der Waals surface area contributed by atoms with Crippen molar-refractivity contribution in [3.05, 3.63) is 69.6 Å². The van der Waals surface area contributed by atoms with Crippen molar-refractivity contribution in [1.82, 2.24) is 15.1 Å². The van der Waals surface area contributed by atoms with Gasteiger partial charge >= 0.3 is 5.97 Å². The molecule has 0 saturated carbocycles. The second-order valence-corrected chi connectivity index (χ2v) is 7.60. The summed E-state index contributed by atoms with van der Waals surface area (Å²) >= 11 is 0. The molecule has 3 rings (SSSR count). The highest BCUT2D eigenvalue weighted by Gasteiger charge is 2.23. The van der Waals surface area contributed by atoms with Crippen LogP contribution in [0.5, 0.6) is 0 Å². The van der Waals surface area contributed by atoms with Gasteiger partial charge in [-0.3, -0.25) is 14.4 Å². The molecule has 172 valence electrons. The molecule has 1 atom stereocenters. The summed E-state index contributed by atoms with van der Waals surface area (Å²) in [4.78, 5) is 49.8. The fourth-order valence-corrected chi connectivity index (χ4v) is 3.38. The van der Waals surface area contributed by atoms with Crippen molar-refractivity contribution >= 4 is 34.2 Å². The van der Waals surface area contributed by atoms with Crippen molar-refractivity contribution in [2.45, 2.75) is 40.3 Å². The third-order valence-corrected chi connectivity index (χ3v) is 5.18. The molecule has 1 unspecified atom stereocenters. The third kappa shape index (κ3) is 5.25. The average Bonchev–Trinajstić information content (AvgIpc) is 2.80. The van der Waals surface area contributed by atoms with Crippen LogP contribution in [0.25, 0.3) is 10.8 Å². The van der Waals surface area contributed by atoms with Gasteiger partial charge in [0.1, 0.15) is 0 Å².